The van der Waals surface area contributed by atoms with Gasteiger partial charge < -0.3 is 10.1 Å². The minimum Gasteiger partial charge on any atom is -0.494 e. The highest BCUT2D eigenvalue weighted by Gasteiger charge is 2.27. The number of aryl methyl sites for hydroxylation is 2. The van der Waals surface area contributed by atoms with Gasteiger partial charge in [0, 0.05) is 18.1 Å². The van der Waals surface area contributed by atoms with Crippen molar-refractivity contribution in [2.45, 2.75) is 31.4 Å². The third kappa shape index (κ3) is 7.77. The fourth-order valence-electron chi connectivity index (χ4n) is 3.47. The van der Waals surface area contributed by atoms with Gasteiger partial charge in [-0.15, -0.1) is 0 Å². The average Bonchev–Trinajstić information content (AvgIpc) is 2.83. The molecule has 0 saturated heterocycles. The van der Waals surface area contributed by atoms with Crippen LogP contribution in [-0.2, 0) is 20.6 Å². The van der Waals surface area contributed by atoms with Gasteiger partial charge in [0.15, 0.2) is 0 Å². The van der Waals surface area contributed by atoms with Crippen molar-refractivity contribution in [3.63, 3.8) is 0 Å². The van der Waals surface area contributed by atoms with E-state index in [1.165, 1.54) is 11.1 Å². The Balaban J connectivity index is 1.66. The Morgan fingerprint density at radius 1 is 0.971 bits per heavy atom. The fourth-order valence-corrected chi connectivity index (χ4v) is 5.70. The quantitative estimate of drug-likeness (QED) is 0.348. The summed E-state index contributed by atoms with van der Waals surface area (Å²) in [6, 6.07) is 21.7. The van der Waals surface area contributed by atoms with Gasteiger partial charge in [-0.3, -0.25) is 9.10 Å². The number of ether oxygens (including phenoxy) is 1. The Kier molecular flexibility index (Phi) is 9.63. The maximum atomic E-state index is 13.5. The van der Waals surface area contributed by atoms with Crippen LogP contribution in [0.3, 0.4) is 0 Å². The zero-order valence-electron chi connectivity index (χ0n) is 20.4. The Bertz CT molecular complexity index is 1210. The molecule has 1 amide bonds. The van der Waals surface area contributed by atoms with Crippen molar-refractivity contribution in [3.05, 3.63) is 89.5 Å². The van der Waals surface area contributed by atoms with Crippen LogP contribution in [0.25, 0.3) is 0 Å². The molecule has 3 aromatic carbocycles. The van der Waals surface area contributed by atoms with Crippen LogP contribution in [0.2, 0.25) is 0 Å². The highest BCUT2D eigenvalue weighted by atomic mass is 32.2. The largest absolute Gasteiger partial charge is 0.494 e. The Morgan fingerprint density at radius 3 is 2.34 bits per heavy atom. The van der Waals surface area contributed by atoms with Crippen molar-refractivity contribution in [1.29, 1.82) is 0 Å². The summed E-state index contributed by atoms with van der Waals surface area (Å²) in [7, 11) is -3.94. The Hall–Kier alpha value is -2.97. The molecule has 186 valence electrons. The van der Waals surface area contributed by atoms with Gasteiger partial charge in [-0.1, -0.05) is 47.5 Å². The topological polar surface area (TPSA) is 75.7 Å². The lowest BCUT2D eigenvalue weighted by Gasteiger charge is -2.24. The first-order valence-corrected chi connectivity index (χ1v) is 14.1. The van der Waals surface area contributed by atoms with Crippen LogP contribution in [0.4, 0.5) is 5.69 Å². The van der Waals surface area contributed by atoms with Crippen LogP contribution in [0.1, 0.15) is 23.6 Å². The molecule has 0 aromatic heterocycles. The number of amides is 1. The van der Waals surface area contributed by atoms with E-state index in [0.29, 0.717) is 24.6 Å². The summed E-state index contributed by atoms with van der Waals surface area (Å²) in [4.78, 5) is 12.9. The Labute approximate surface area is 212 Å². The van der Waals surface area contributed by atoms with Gasteiger partial charge >= 0.3 is 0 Å². The summed E-state index contributed by atoms with van der Waals surface area (Å²) in [6.07, 6.45) is 0. The van der Waals surface area contributed by atoms with E-state index in [0.717, 1.165) is 21.4 Å². The van der Waals surface area contributed by atoms with Crippen molar-refractivity contribution in [1.82, 2.24) is 5.32 Å². The summed E-state index contributed by atoms with van der Waals surface area (Å²) in [5, 5.41) is 2.85. The second kappa shape index (κ2) is 12.7. The highest BCUT2D eigenvalue weighted by molar-refractivity contribution is 7.98. The zero-order chi connectivity index (χ0) is 25.3. The van der Waals surface area contributed by atoms with Crippen LogP contribution in [0.15, 0.2) is 77.7 Å². The summed E-state index contributed by atoms with van der Waals surface area (Å²) < 4.78 is 33.5. The minimum absolute atomic E-state index is 0.137. The van der Waals surface area contributed by atoms with Crippen LogP contribution in [0, 0.1) is 13.8 Å². The summed E-state index contributed by atoms with van der Waals surface area (Å²) in [6.45, 7) is 6.49. The van der Waals surface area contributed by atoms with Crippen molar-refractivity contribution >= 4 is 33.4 Å². The molecule has 35 heavy (non-hydrogen) atoms. The Morgan fingerprint density at radius 2 is 1.69 bits per heavy atom. The molecule has 3 aromatic rings. The van der Waals surface area contributed by atoms with Gasteiger partial charge in [-0.05, 0) is 62.7 Å². The van der Waals surface area contributed by atoms with E-state index in [4.69, 9.17) is 4.74 Å². The number of sulfonamides is 1. The monoisotopic (exact) mass is 512 g/mol. The first-order chi connectivity index (χ1) is 16.8. The highest BCUT2D eigenvalue weighted by Crippen LogP contribution is 2.26. The zero-order valence-corrected chi connectivity index (χ0v) is 22.0. The minimum atomic E-state index is -3.94. The number of rotatable bonds is 12. The van der Waals surface area contributed by atoms with Crippen LogP contribution < -0.4 is 14.4 Å². The number of thioether (sulfide) groups is 1. The lowest BCUT2D eigenvalue weighted by molar-refractivity contribution is -0.119. The smallest absolute Gasteiger partial charge is 0.264 e. The number of carbonyl (C=O) groups excluding carboxylic acids is 1. The van der Waals surface area contributed by atoms with Crippen molar-refractivity contribution in [2.75, 3.05) is 29.8 Å². The molecule has 0 aliphatic rings. The molecule has 3 rings (SSSR count). The molecule has 0 aliphatic heterocycles. The van der Waals surface area contributed by atoms with E-state index < -0.39 is 10.0 Å². The second-order valence-corrected chi connectivity index (χ2v) is 11.1. The molecule has 0 saturated carbocycles. The number of benzene rings is 3. The van der Waals surface area contributed by atoms with Gasteiger partial charge in [0.1, 0.15) is 12.3 Å². The second-order valence-electron chi connectivity index (χ2n) is 8.14. The summed E-state index contributed by atoms with van der Waals surface area (Å²) in [5.41, 5.74) is 3.82. The molecule has 1 N–H and O–H groups in total. The molecule has 0 bridgehead atoms. The van der Waals surface area contributed by atoms with Crippen LogP contribution >= 0.6 is 11.8 Å². The van der Waals surface area contributed by atoms with Gasteiger partial charge in [0.05, 0.1) is 17.2 Å². The molecule has 0 fully saturated rings. The number of nitrogens with zero attached hydrogens (tertiary/aromatic N) is 1. The number of nitrogens with one attached hydrogen (secondary N) is 1. The number of anilines is 1. The van der Waals surface area contributed by atoms with E-state index >= 15 is 0 Å². The van der Waals surface area contributed by atoms with Crippen LogP contribution in [-0.4, -0.2) is 39.8 Å². The van der Waals surface area contributed by atoms with Gasteiger partial charge in [-0.2, -0.15) is 11.8 Å². The van der Waals surface area contributed by atoms with E-state index in [-0.39, 0.29) is 17.3 Å². The first-order valence-electron chi connectivity index (χ1n) is 11.5. The summed E-state index contributed by atoms with van der Waals surface area (Å²) in [5.74, 6) is 1.87. The van der Waals surface area contributed by atoms with E-state index in [1.54, 1.807) is 60.3 Å². The van der Waals surface area contributed by atoms with E-state index in [1.807, 2.05) is 19.9 Å². The fraction of sp³-hybridized carbons (Fsp3) is 0.296. The third-order valence-electron chi connectivity index (χ3n) is 5.25. The number of hydrogen-bond donors (Lipinski definition) is 1. The van der Waals surface area contributed by atoms with Gasteiger partial charge in [-0.25, -0.2) is 8.42 Å². The average molecular weight is 513 g/mol. The SMILES string of the molecule is CCOc1ccc(N(CC(=O)NCCSCc2cccc(C)c2)S(=O)(=O)c2ccc(C)cc2)cc1. The van der Waals surface area contributed by atoms with E-state index in [2.05, 4.69) is 30.4 Å². The van der Waals surface area contributed by atoms with E-state index in [9.17, 15) is 13.2 Å². The molecular formula is C27H32N2O4S2. The molecule has 0 unspecified atom stereocenters. The first kappa shape index (κ1) is 26.6. The number of carbonyl (C=O) groups is 1. The standard InChI is InChI=1S/C27H32N2O4S2/c1-4-33-25-12-10-24(11-13-25)29(35(31,32)26-14-8-21(2)9-15-26)19-27(30)28-16-17-34-20-23-7-5-6-22(3)18-23/h5-15,18H,4,16-17,19-20H2,1-3H3,(H,28,30). The van der Waals surface area contributed by atoms with Crippen molar-refractivity contribution < 1.29 is 17.9 Å². The molecule has 0 spiro atoms. The van der Waals surface area contributed by atoms with Crippen LogP contribution in [0.5, 0.6) is 5.75 Å². The third-order valence-corrected chi connectivity index (χ3v) is 8.07. The maximum absolute atomic E-state index is 13.5. The lowest BCUT2D eigenvalue weighted by atomic mass is 10.2. The van der Waals surface area contributed by atoms with Crippen molar-refractivity contribution in [3.8, 4) is 5.75 Å². The predicted molar refractivity (Wildman–Crippen MR) is 144 cm³/mol. The van der Waals surface area contributed by atoms with Gasteiger partial charge in [0.25, 0.3) is 10.0 Å². The number of hydrogen-bond acceptors (Lipinski definition) is 5. The maximum Gasteiger partial charge on any atom is 0.264 e. The molecule has 6 nitrogen and oxygen atoms in total. The summed E-state index contributed by atoms with van der Waals surface area (Å²) >= 11 is 1.72. The normalized spacial score (nSPS) is 11.2. The molecule has 0 radical (unpaired) electrons. The predicted octanol–water partition coefficient (Wildman–Crippen LogP) is 4.95. The van der Waals surface area contributed by atoms with Crippen molar-refractivity contribution in [2.24, 2.45) is 0 Å². The molecule has 0 atom stereocenters. The van der Waals surface area contributed by atoms with Gasteiger partial charge in [0.2, 0.25) is 5.91 Å². The molecule has 0 heterocycles. The molecular weight excluding hydrogens is 480 g/mol. The molecule has 8 heteroatoms. The molecule has 0 aliphatic carbocycles. The lowest BCUT2D eigenvalue weighted by Crippen LogP contribution is -2.41.